The van der Waals surface area contributed by atoms with Crippen LogP contribution < -0.4 is 0 Å². The summed E-state index contributed by atoms with van der Waals surface area (Å²) < 4.78 is 14.1. The zero-order chi connectivity index (χ0) is 15.7. The maximum atomic E-state index is 14.1. The van der Waals surface area contributed by atoms with Crippen molar-refractivity contribution in [3.8, 4) is 0 Å². The molecule has 0 unspecified atom stereocenters. The van der Waals surface area contributed by atoms with E-state index in [1.165, 1.54) is 18.5 Å². The van der Waals surface area contributed by atoms with E-state index in [0.29, 0.717) is 12.2 Å². The Bertz CT molecular complexity index is 709. The molecule has 0 aliphatic heterocycles. The second-order valence-electron chi connectivity index (χ2n) is 5.91. The number of halogens is 1. The monoisotopic (exact) mass is 300 g/mol. The highest BCUT2D eigenvalue weighted by atomic mass is 19.1. The molecule has 3 rings (SSSR count). The molecule has 0 spiro atoms. The Morgan fingerprint density at radius 3 is 2.59 bits per heavy atom. The quantitative estimate of drug-likeness (QED) is 0.861. The van der Waals surface area contributed by atoms with E-state index >= 15 is 0 Å². The van der Waals surface area contributed by atoms with Crippen molar-refractivity contribution in [3.63, 3.8) is 0 Å². The molecular weight excluding hydrogens is 283 g/mol. The molecule has 114 valence electrons. The number of aryl methyl sites for hydroxylation is 1. The number of Topliss-reactive ketones (excluding diaryl/α,β-unsaturated/α-hetero) is 1. The van der Waals surface area contributed by atoms with Gasteiger partial charge < -0.3 is 5.11 Å². The number of aliphatic hydroxyl groups excluding tert-OH is 1. The van der Waals surface area contributed by atoms with Gasteiger partial charge in [-0.25, -0.2) is 14.4 Å². The molecule has 0 saturated heterocycles. The van der Waals surface area contributed by atoms with Gasteiger partial charge in [0.25, 0.3) is 0 Å². The summed E-state index contributed by atoms with van der Waals surface area (Å²) in [4.78, 5) is 19.7. The molecule has 1 aromatic carbocycles. The number of ketones is 1. The summed E-state index contributed by atoms with van der Waals surface area (Å²) >= 11 is 0. The minimum atomic E-state index is -0.554. The van der Waals surface area contributed by atoms with Crippen LogP contribution in [0, 0.1) is 12.7 Å². The molecule has 2 aromatic rings. The third-order valence-electron chi connectivity index (χ3n) is 4.21. The molecule has 1 N–H and O–H groups in total. The van der Waals surface area contributed by atoms with Crippen molar-refractivity contribution in [2.24, 2.45) is 0 Å². The number of nitrogens with zero attached hydrogens (tertiary/aromatic N) is 2. The van der Waals surface area contributed by atoms with Crippen molar-refractivity contribution in [1.82, 2.24) is 9.97 Å². The molecular formula is C17H17FN2O2. The molecule has 1 aliphatic rings. The first kappa shape index (κ1) is 14.8. The van der Waals surface area contributed by atoms with Crippen LogP contribution in [0.4, 0.5) is 4.39 Å². The van der Waals surface area contributed by atoms with E-state index in [-0.39, 0.29) is 16.8 Å². The zero-order valence-electron chi connectivity index (χ0n) is 12.3. The number of rotatable bonds is 5. The van der Waals surface area contributed by atoms with Crippen LogP contribution in [0.5, 0.6) is 0 Å². The standard InChI is InChI=1S/C17H17FN2O2/c1-11-2-3-14(18)13(6-11)17(4-5-17)7-16-19-8-12(9-20-16)15(22)10-21/h2-3,6,8-9,21H,4-5,7,10H2,1H3. The van der Waals surface area contributed by atoms with Crippen molar-refractivity contribution < 1.29 is 14.3 Å². The first-order valence-electron chi connectivity index (χ1n) is 7.26. The van der Waals surface area contributed by atoms with Crippen LogP contribution in [0.1, 0.15) is 40.2 Å². The Balaban J connectivity index is 1.83. The van der Waals surface area contributed by atoms with Crippen LogP contribution in [0.25, 0.3) is 0 Å². The number of hydrogen-bond donors (Lipinski definition) is 1. The Morgan fingerprint density at radius 1 is 1.32 bits per heavy atom. The van der Waals surface area contributed by atoms with Gasteiger partial charge in [0.1, 0.15) is 18.2 Å². The molecule has 1 saturated carbocycles. The normalized spacial score (nSPS) is 15.6. The molecule has 1 heterocycles. The second-order valence-corrected chi connectivity index (χ2v) is 5.91. The second kappa shape index (κ2) is 5.57. The maximum absolute atomic E-state index is 14.1. The number of aliphatic hydroxyl groups is 1. The highest BCUT2D eigenvalue weighted by Crippen LogP contribution is 2.51. The summed E-state index contributed by atoms with van der Waals surface area (Å²) in [6, 6.07) is 5.17. The third kappa shape index (κ3) is 2.76. The van der Waals surface area contributed by atoms with Gasteiger partial charge in [0.2, 0.25) is 0 Å². The largest absolute Gasteiger partial charge is 0.388 e. The molecule has 22 heavy (non-hydrogen) atoms. The number of benzene rings is 1. The van der Waals surface area contributed by atoms with Crippen molar-refractivity contribution in [1.29, 1.82) is 0 Å². The Morgan fingerprint density at radius 2 is 2.00 bits per heavy atom. The first-order chi connectivity index (χ1) is 10.5. The topological polar surface area (TPSA) is 63.1 Å². The van der Waals surface area contributed by atoms with Crippen molar-refractivity contribution in [2.75, 3.05) is 6.61 Å². The average molecular weight is 300 g/mol. The summed E-state index contributed by atoms with van der Waals surface area (Å²) in [5.74, 6) is 0.000452. The van der Waals surface area contributed by atoms with E-state index in [4.69, 9.17) is 5.11 Å². The smallest absolute Gasteiger partial charge is 0.191 e. The molecule has 0 bridgehead atoms. The van der Waals surface area contributed by atoms with Crippen LogP contribution in [-0.2, 0) is 11.8 Å². The highest BCUT2D eigenvalue weighted by molar-refractivity contribution is 5.96. The minimum Gasteiger partial charge on any atom is -0.388 e. The van der Waals surface area contributed by atoms with E-state index in [9.17, 15) is 9.18 Å². The Labute approximate surface area is 128 Å². The lowest BCUT2D eigenvalue weighted by Crippen LogP contribution is -2.16. The molecule has 1 fully saturated rings. The number of hydrogen-bond acceptors (Lipinski definition) is 4. The van der Waals surface area contributed by atoms with Crippen LogP contribution in [-0.4, -0.2) is 27.5 Å². The molecule has 1 aliphatic carbocycles. The van der Waals surface area contributed by atoms with E-state index in [0.717, 1.165) is 24.0 Å². The van der Waals surface area contributed by atoms with E-state index < -0.39 is 12.4 Å². The van der Waals surface area contributed by atoms with E-state index in [1.807, 2.05) is 13.0 Å². The molecule has 4 nitrogen and oxygen atoms in total. The lowest BCUT2D eigenvalue weighted by molar-refractivity contribution is 0.0903. The van der Waals surface area contributed by atoms with Gasteiger partial charge in [0.05, 0.1) is 5.56 Å². The summed E-state index contributed by atoms with van der Waals surface area (Å²) in [6.07, 6.45) is 5.22. The van der Waals surface area contributed by atoms with Gasteiger partial charge in [-0.15, -0.1) is 0 Å². The summed E-state index contributed by atoms with van der Waals surface area (Å²) in [6.45, 7) is 1.39. The molecule has 0 amide bonds. The Hall–Kier alpha value is -2.14. The predicted molar refractivity (Wildman–Crippen MR) is 79.2 cm³/mol. The van der Waals surface area contributed by atoms with Gasteiger partial charge in [0, 0.05) is 24.2 Å². The molecule has 0 radical (unpaired) electrons. The molecule has 1 aromatic heterocycles. The third-order valence-corrected chi connectivity index (χ3v) is 4.21. The fourth-order valence-electron chi connectivity index (χ4n) is 2.72. The SMILES string of the molecule is Cc1ccc(F)c(C2(Cc3ncc(C(=O)CO)cn3)CC2)c1. The van der Waals surface area contributed by atoms with Crippen molar-refractivity contribution >= 4 is 5.78 Å². The lowest BCUT2D eigenvalue weighted by atomic mass is 9.90. The fraction of sp³-hybridized carbons (Fsp3) is 0.353. The van der Waals surface area contributed by atoms with Gasteiger partial charge in [-0.2, -0.15) is 0 Å². The summed E-state index contributed by atoms with van der Waals surface area (Å²) in [5, 5.41) is 8.81. The highest BCUT2D eigenvalue weighted by Gasteiger charge is 2.46. The predicted octanol–water partition coefficient (Wildman–Crippen LogP) is 2.37. The van der Waals surface area contributed by atoms with Gasteiger partial charge >= 0.3 is 0 Å². The van der Waals surface area contributed by atoms with E-state index in [2.05, 4.69) is 9.97 Å². The summed E-state index contributed by atoms with van der Waals surface area (Å²) in [5.41, 5.74) is 1.83. The fourth-order valence-corrected chi connectivity index (χ4v) is 2.72. The van der Waals surface area contributed by atoms with Crippen molar-refractivity contribution in [2.45, 2.75) is 31.6 Å². The van der Waals surface area contributed by atoms with Crippen LogP contribution in [0.15, 0.2) is 30.6 Å². The van der Waals surface area contributed by atoms with Crippen LogP contribution in [0.3, 0.4) is 0 Å². The summed E-state index contributed by atoms with van der Waals surface area (Å²) in [7, 11) is 0. The Kier molecular flexibility index (Phi) is 3.74. The van der Waals surface area contributed by atoms with Gasteiger partial charge in [-0.05, 0) is 31.4 Å². The van der Waals surface area contributed by atoms with Gasteiger partial charge in [0.15, 0.2) is 5.78 Å². The molecule has 0 atom stereocenters. The number of carbonyl (C=O) groups excluding carboxylic acids is 1. The lowest BCUT2D eigenvalue weighted by Gasteiger charge is -2.16. The van der Waals surface area contributed by atoms with Crippen molar-refractivity contribution in [3.05, 3.63) is 58.9 Å². The van der Waals surface area contributed by atoms with Gasteiger partial charge in [-0.3, -0.25) is 4.79 Å². The first-order valence-corrected chi connectivity index (χ1v) is 7.26. The van der Waals surface area contributed by atoms with Crippen LogP contribution in [0.2, 0.25) is 0 Å². The van der Waals surface area contributed by atoms with Crippen LogP contribution >= 0.6 is 0 Å². The van der Waals surface area contributed by atoms with E-state index in [1.54, 1.807) is 6.07 Å². The minimum absolute atomic E-state index is 0.185. The number of aromatic nitrogens is 2. The average Bonchev–Trinajstić information content (AvgIpc) is 3.30. The zero-order valence-corrected chi connectivity index (χ0v) is 12.3. The van der Waals surface area contributed by atoms with Gasteiger partial charge in [-0.1, -0.05) is 17.7 Å². The molecule has 5 heteroatoms. The number of carbonyl (C=O) groups is 1. The maximum Gasteiger partial charge on any atom is 0.191 e.